The van der Waals surface area contributed by atoms with Crippen molar-refractivity contribution in [1.29, 1.82) is 0 Å². The molecule has 4 aromatic heterocycles. The fourth-order valence-electron chi connectivity index (χ4n) is 6.75. The van der Waals surface area contributed by atoms with E-state index < -0.39 is 0 Å². The summed E-state index contributed by atoms with van der Waals surface area (Å²) in [6.45, 7) is 8.37. The van der Waals surface area contributed by atoms with Crippen molar-refractivity contribution >= 4 is 40.0 Å². The number of fused-ring (bicyclic) bond motifs is 5. The van der Waals surface area contributed by atoms with E-state index in [4.69, 9.17) is 19.9 Å². The number of aromatic nitrogens is 7. The summed E-state index contributed by atoms with van der Waals surface area (Å²) in [5.41, 5.74) is 9.27. The van der Waals surface area contributed by atoms with Gasteiger partial charge in [-0.15, -0.1) is 0 Å². The molecular weight excluding hydrogens is 603 g/mol. The van der Waals surface area contributed by atoms with Crippen molar-refractivity contribution in [2.75, 3.05) is 0 Å². The van der Waals surface area contributed by atoms with Crippen LogP contribution in [-0.4, -0.2) is 33.5 Å². The van der Waals surface area contributed by atoms with Crippen molar-refractivity contribution in [3.63, 3.8) is 0 Å². The standard InChI is InChI=1S/C42H29N7/c1-3-33-34(4-2)49-37-31-24-14-16-26-35(31)48(41(37)46-42(49)47(33)30-22-12-7-13-23-30)36-27-17-15-25-32(36)40-44-38(28-18-8-5-9-19-28)43-39(45-40)29-20-10-6-11-21-29/h3-27H,1-2H2. The van der Waals surface area contributed by atoms with Crippen LogP contribution in [0.25, 0.3) is 85.5 Å². The lowest BCUT2D eigenvalue weighted by Crippen LogP contribution is -2.04. The summed E-state index contributed by atoms with van der Waals surface area (Å²) in [5, 5.41) is 1.06. The summed E-state index contributed by atoms with van der Waals surface area (Å²) in [6, 6.07) is 47.0. The van der Waals surface area contributed by atoms with Crippen molar-refractivity contribution in [2.45, 2.75) is 0 Å². The normalized spacial score (nSPS) is 11.4. The molecule has 9 aromatic rings. The molecule has 0 amide bonds. The lowest BCUT2D eigenvalue weighted by Gasteiger charge is -2.13. The predicted molar refractivity (Wildman–Crippen MR) is 199 cm³/mol. The van der Waals surface area contributed by atoms with Gasteiger partial charge in [0.1, 0.15) is 5.52 Å². The van der Waals surface area contributed by atoms with Crippen LogP contribution in [0.1, 0.15) is 11.4 Å². The quantitative estimate of drug-likeness (QED) is 0.176. The van der Waals surface area contributed by atoms with E-state index in [2.05, 4.69) is 75.2 Å². The van der Waals surface area contributed by atoms with E-state index in [1.165, 1.54) is 0 Å². The van der Waals surface area contributed by atoms with Gasteiger partial charge in [-0.2, -0.15) is 4.98 Å². The minimum atomic E-state index is 0.576. The topological polar surface area (TPSA) is 65.8 Å². The molecule has 7 heteroatoms. The maximum atomic E-state index is 5.39. The number of benzene rings is 5. The third-order valence-electron chi connectivity index (χ3n) is 8.88. The van der Waals surface area contributed by atoms with E-state index in [0.29, 0.717) is 17.5 Å². The second kappa shape index (κ2) is 11.4. The minimum Gasteiger partial charge on any atom is -0.292 e. The molecule has 0 bridgehead atoms. The second-order valence-corrected chi connectivity index (χ2v) is 11.7. The van der Waals surface area contributed by atoms with Gasteiger partial charge in [-0.1, -0.05) is 122 Å². The third kappa shape index (κ3) is 4.44. The zero-order valence-electron chi connectivity index (χ0n) is 26.5. The highest BCUT2D eigenvalue weighted by molar-refractivity contribution is 6.08. The van der Waals surface area contributed by atoms with Crippen LogP contribution in [0.15, 0.2) is 153 Å². The summed E-state index contributed by atoms with van der Waals surface area (Å²) in [5.74, 6) is 2.57. The lowest BCUT2D eigenvalue weighted by molar-refractivity contribution is 1.05. The summed E-state index contributed by atoms with van der Waals surface area (Å²) in [4.78, 5) is 20.5. The number of para-hydroxylation sites is 3. The minimum absolute atomic E-state index is 0.576. The molecule has 0 atom stereocenters. The Morgan fingerprint density at radius 3 is 1.69 bits per heavy atom. The van der Waals surface area contributed by atoms with E-state index in [0.717, 1.165) is 67.3 Å². The Labute approximate surface area is 282 Å². The van der Waals surface area contributed by atoms with Gasteiger partial charge in [-0.25, -0.2) is 15.0 Å². The third-order valence-corrected chi connectivity index (χ3v) is 8.88. The number of hydrogen-bond donors (Lipinski definition) is 0. The molecule has 0 spiro atoms. The van der Waals surface area contributed by atoms with Gasteiger partial charge < -0.3 is 0 Å². The number of rotatable bonds is 7. The number of imidazole rings is 2. The molecule has 0 N–H and O–H groups in total. The first-order valence-electron chi connectivity index (χ1n) is 16.1. The zero-order valence-corrected chi connectivity index (χ0v) is 26.5. The first kappa shape index (κ1) is 28.4. The van der Waals surface area contributed by atoms with Gasteiger partial charge >= 0.3 is 0 Å². The Morgan fingerprint density at radius 2 is 1.04 bits per heavy atom. The molecule has 0 aliphatic rings. The van der Waals surface area contributed by atoms with Crippen LogP contribution in [0.3, 0.4) is 0 Å². The van der Waals surface area contributed by atoms with E-state index in [1.54, 1.807) is 0 Å². The summed E-state index contributed by atoms with van der Waals surface area (Å²) >= 11 is 0. The molecule has 0 saturated heterocycles. The lowest BCUT2D eigenvalue weighted by atomic mass is 10.1. The van der Waals surface area contributed by atoms with Crippen LogP contribution in [0.4, 0.5) is 0 Å². The van der Waals surface area contributed by atoms with Gasteiger partial charge in [0.15, 0.2) is 23.1 Å². The first-order valence-corrected chi connectivity index (χ1v) is 16.1. The Balaban J connectivity index is 1.36. The van der Waals surface area contributed by atoms with Gasteiger partial charge in [0.05, 0.1) is 22.6 Å². The van der Waals surface area contributed by atoms with E-state index in [1.807, 2.05) is 103 Å². The highest BCUT2D eigenvalue weighted by Gasteiger charge is 2.26. The molecule has 0 radical (unpaired) electrons. The van der Waals surface area contributed by atoms with E-state index in [9.17, 15) is 0 Å². The molecule has 0 unspecified atom stereocenters. The second-order valence-electron chi connectivity index (χ2n) is 11.7. The van der Waals surface area contributed by atoms with Crippen molar-refractivity contribution in [1.82, 2.24) is 33.5 Å². The molecule has 9 rings (SSSR count). The smallest absolute Gasteiger partial charge is 0.222 e. The highest BCUT2D eigenvalue weighted by atomic mass is 15.3. The van der Waals surface area contributed by atoms with Gasteiger partial charge in [-0.05, 0) is 42.5 Å². The SMILES string of the molecule is C=Cc1c(C=C)n2c3c4ccccc4n(-c4ccccc4-c4nc(-c5ccccc5)nc(-c5ccccc5)n4)c3nc2n1-c1ccccc1. The molecule has 5 aromatic carbocycles. The molecule has 0 fully saturated rings. The van der Waals surface area contributed by atoms with E-state index in [-0.39, 0.29) is 0 Å². The molecule has 0 aliphatic carbocycles. The molecule has 7 nitrogen and oxygen atoms in total. The van der Waals surface area contributed by atoms with Gasteiger partial charge in [-0.3, -0.25) is 13.5 Å². The average molecular weight is 632 g/mol. The van der Waals surface area contributed by atoms with Gasteiger partial charge in [0.25, 0.3) is 0 Å². The Morgan fingerprint density at radius 1 is 0.490 bits per heavy atom. The molecule has 232 valence electrons. The van der Waals surface area contributed by atoms with Crippen LogP contribution < -0.4 is 0 Å². The summed E-state index contributed by atoms with van der Waals surface area (Å²) in [6.07, 6.45) is 3.75. The van der Waals surface area contributed by atoms with Crippen LogP contribution in [0.2, 0.25) is 0 Å². The largest absolute Gasteiger partial charge is 0.292 e. The fraction of sp³-hybridized carbons (Fsp3) is 0. The Kier molecular flexibility index (Phi) is 6.62. The molecule has 4 heterocycles. The van der Waals surface area contributed by atoms with Crippen molar-refractivity contribution in [3.8, 4) is 45.5 Å². The maximum Gasteiger partial charge on any atom is 0.222 e. The van der Waals surface area contributed by atoms with Crippen molar-refractivity contribution in [3.05, 3.63) is 164 Å². The monoisotopic (exact) mass is 631 g/mol. The Bertz CT molecular complexity index is 2620. The number of hydrogen-bond acceptors (Lipinski definition) is 4. The Hall–Kier alpha value is -6.86. The van der Waals surface area contributed by atoms with Crippen LogP contribution in [0, 0.1) is 0 Å². The summed E-state index contributed by atoms with van der Waals surface area (Å²) < 4.78 is 6.55. The zero-order chi connectivity index (χ0) is 32.9. The van der Waals surface area contributed by atoms with Crippen molar-refractivity contribution in [2.24, 2.45) is 0 Å². The van der Waals surface area contributed by atoms with Crippen LogP contribution in [0.5, 0.6) is 0 Å². The highest BCUT2D eigenvalue weighted by Crippen LogP contribution is 2.38. The average Bonchev–Trinajstić information content (AvgIpc) is 3.80. The maximum absolute atomic E-state index is 5.39. The predicted octanol–water partition coefficient (Wildman–Crippen LogP) is 9.69. The van der Waals surface area contributed by atoms with E-state index >= 15 is 0 Å². The molecule has 49 heavy (non-hydrogen) atoms. The van der Waals surface area contributed by atoms with Crippen molar-refractivity contribution < 1.29 is 0 Å². The molecule has 0 saturated carbocycles. The first-order chi connectivity index (χ1) is 24.2. The van der Waals surface area contributed by atoms with Gasteiger partial charge in [0, 0.05) is 27.8 Å². The fourth-order valence-corrected chi connectivity index (χ4v) is 6.75. The van der Waals surface area contributed by atoms with Crippen LogP contribution >= 0.6 is 0 Å². The number of nitrogens with zero attached hydrogens (tertiary/aromatic N) is 7. The molecule has 0 aliphatic heterocycles. The van der Waals surface area contributed by atoms with Crippen LogP contribution in [-0.2, 0) is 0 Å². The summed E-state index contributed by atoms with van der Waals surface area (Å²) in [7, 11) is 0. The van der Waals surface area contributed by atoms with Gasteiger partial charge in [0.2, 0.25) is 5.78 Å². The molecular formula is C42H29N7.